The molecule has 0 aliphatic carbocycles. The van der Waals surface area contributed by atoms with E-state index in [1.54, 1.807) is 18.1 Å². The van der Waals surface area contributed by atoms with Gasteiger partial charge in [-0.05, 0) is 58.4 Å². The lowest BCUT2D eigenvalue weighted by atomic mass is 9.97. The number of carbonyl (C=O) groups excluding carboxylic acids is 2. The first-order valence-electron chi connectivity index (χ1n) is 8.61. The van der Waals surface area contributed by atoms with Crippen molar-refractivity contribution in [2.75, 3.05) is 6.26 Å². The van der Waals surface area contributed by atoms with Crippen LogP contribution in [0.15, 0.2) is 23.1 Å². The Morgan fingerprint density at radius 3 is 2.46 bits per heavy atom. The van der Waals surface area contributed by atoms with Crippen molar-refractivity contribution in [3.63, 3.8) is 0 Å². The van der Waals surface area contributed by atoms with Gasteiger partial charge in [0, 0.05) is 18.2 Å². The molecule has 1 aliphatic rings. The Hall–Kier alpha value is -2.09. The second-order valence-electron chi connectivity index (χ2n) is 6.57. The molecule has 0 N–H and O–H groups in total. The summed E-state index contributed by atoms with van der Waals surface area (Å²) in [5, 5.41) is 11.1. The summed E-state index contributed by atoms with van der Waals surface area (Å²) in [5.74, 6) is -0.966. The second-order valence-corrected chi connectivity index (χ2v) is 7.41. The number of likely N-dealkylation sites (tertiary alicyclic amines) is 1. The number of ether oxygens (including phenoxy) is 1. The lowest BCUT2D eigenvalue weighted by Crippen LogP contribution is -2.51. The summed E-state index contributed by atoms with van der Waals surface area (Å²) in [6.07, 6.45) is 3.72. The fraction of sp³-hybridized carbons (Fsp3) is 0.556. The lowest BCUT2D eigenvalue weighted by molar-refractivity contribution is -0.387. The predicted octanol–water partition coefficient (Wildman–Crippen LogP) is 3.65. The average molecular weight is 380 g/mol. The first kappa shape index (κ1) is 20.2. The van der Waals surface area contributed by atoms with Crippen molar-refractivity contribution in [2.24, 2.45) is 0 Å². The highest BCUT2D eigenvalue weighted by atomic mass is 32.2. The molecule has 1 saturated heterocycles. The second kappa shape index (κ2) is 8.53. The number of carbonyl (C=O) groups is 2. The summed E-state index contributed by atoms with van der Waals surface area (Å²) in [7, 11) is 0. The molecule has 26 heavy (non-hydrogen) atoms. The number of nitrogens with zero attached hydrogens (tertiary/aromatic N) is 2. The average Bonchev–Trinajstić information content (AvgIpc) is 2.60. The molecule has 0 saturated carbocycles. The van der Waals surface area contributed by atoms with E-state index in [-0.39, 0.29) is 29.2 Å². The maximum absolute atomic E-state index is 12.7. The van der Waals surface area contributed by atoms with Gasteiger partial charge in [0.05, 0.1) is 15.4 Å². The van der Waals surface area contributed by atoms with Crippen molar-refractivity contribution in [2.45, 2.75) is 63.1 Å². The summed E-state index contributed by atoms with van der Waals surface area (Å²) in [6, 6.07) is 4.39. The molecule has 142 valence electrons. The molecular weight excluding hydrogens is 356 g/mol. The van der Waals surface area contributed by atoms with Gasteiger partial charge in [-0.3, -0.25) is 14.9 Å². The highest BCUT2D eigenvalue weighted by molar-refractivity contribution is 7.98. The zero-order valence-corrected chi connectivity index (χ0v) is 16.2. The first-order valence-corrected chi connectivity index (χ1v) is 9.84. The van der Waals surface area contributed by atoms with Crippen LogP contribution in [0.1, 0.15) is 50.4 Å². The van der Waals surface area contributed by atoms with Crippen LogP contribution in [0, 0.1) is 10.1 Å². The van der Waals surface area contributed by atoms with Gasteiger partial charge in [-0.25, -0.2) is 4.79 Å². The number of amides is 1. The van der Waals surface area contributed by atoms with E-state index < -0.39 is 17.0 Å². The molecule has 7 nitrogen and oxygen atoms in total. The molecule has 0 bridgehead atoms. The van der Waals surface area contributed by atoms with Gasteiger partial charge in [0.2, 0.25) is 0 Å². The molecule has 1 aromatic carbocycles. The quantitative estimate of drug-likeness (QED) is 0.335. The maximum Gasteiger partial charge on any atom is 0.339 e. The minimum Gasteiger partial charge on any atom is -0.449 e. The predicted molar refractivity (Wildman–Crippen MR) is 99.4 cm³/mol. The van der Waals surface area contributed by atoms with Crippen molar-refractivity contribution in [1.29, 1.82) is 0 Å². The molecule has 2 rings (SSSR count). The lowest BCUT2D eigenvalue weighted by Gasteiger charge is -2.40. The normalized spacial score (nSPS) is 21.2. The number of benzene rings is 1. The van der Waals surface area contributed by atoms with E-state index in [1.165, 1.54) is 30.0 Å². The molecule has 0 radical (unpaired) electrons. The maximum atomic E-state index is 12.7. The van der Waals surface area contributed by atoms with Crippen LogP contribution in [0.2, 0.25) is 0 Å². The zero-order valence-electron chi connectivity index (χ0n) is 15.4. The topological polar surface area (TPSA) is 89.8 Å². The van der Waals surface area contributed by atoms with Gasteiger partial charge in [0.25, 0.3) is 11.6 Å². The number of hydrogen-bond acceptors (Lipinski definition) is 6. The van der Waals surface area contributed by atoms with E-state index >= 15 is 0 Å². The van der Waals surface area contributed by atoms with Gasteiger partial charge >= 0.3 is 5.97 Å². The Balaban J connectivity index is 2.12. The van der Waals surface area contributed by atoms with Gasteiger partial charge in [0.1, 0.15) is 0 Å². The molecule has 0 spiro atoms. The molecule has 1 fully saturated rings. The number of thioether (sulfide) groups is 1. The third-order valence-electron chi connectivity index (χ3n) is 4.69. The van der Waals surface area contributed by atoms with Gasteiger partial charge < -0.3 is 9.64 Å². The summed E-state index contributed by atoms with van der Waals surface area (Å²) in [6.45, 7) is 5.53. The van der Waals surface area contributed by atoms with Crippen LogP contribution in [-0.2, 0) is 9.53 Å². The number of esters is 1. The summed E-state index contributed by atoms with van der Waals surface area (Å²) in [5.41, 5.74) is -0.0851. The van der Waals surface area contributed by atoms with Crippen LogP contribution in [0.5, 0.6) is 0 Å². The minimum absolute atomic E-state index is 0.0638. The van der Waals surface area contributed by atoms with Crippen molar-refractivity contribution in [3.8, 4) is 0 Å². The van der Waals surface area contributed by atoms with Crippen LogP contribution in [-0.4, -0.2) is 46.1 Å². The zero-order chi connectivity index (χ0) is 19.4. The van der Waals surface area contributed by atoms with E-state index in [9.17, 15) is 19.7 Å². The molecular formula is C18H24N2O5S. The molecule has 1 heterocycles. The number of hydrogen-bond donors (Lipinski definition) is 0. The van der Waals surface area contributed by atoms with Crippen LogP contribution in [0.3, 0.4) is 0 Å². The Bertz CT molecular complexity index is 699. The van der Waals surface area contributed by atoms with Gasteiger partial charge in [-0.15, -0.1) is 11.8 Å². The Morgan fingerprint density at radius 1 is 1.31 bits per heavy atom. The third kappa shape index (κ3) is 4.35. The van der Waals surface area contributed by atoms with E-state index in [0.29, 0.717) is 4.90 Å². The van der Waals surface area contributed by atoms with Crippen molar-refractivity contribution < 1.29 is 19.2 Å². The van der Waals surface area contributed by atoms with Crippen molar-refractivity contribution >= 4 is 29.3 Å². The van der Waals surface area contributed by atoms with Gasteiger partial charge in [0.15, 0.2) is 6.10 Å². The van der Waals surface area contributed by atoms with Crippen molar-refractivity contribution in [3.05, 3.63) is 33.9 Å². The number of nitro benzene ring substituents is 1. The minimum atomic E-state index is -0.940. The highest BCUT2D eigenvalue weighted by Crippen LogP contribution is 2.29. The SMILES string of the molecule is CSc1ccc(C(=O)O[C@H](C)C(=O)N2[C@@H](C)CCC[C@@H]2C)cc1[N+](=O)[O-]. The van der Waals surface area contributed by atoms with Crippen LogP contribution < -0.4 is 0 Å². The fourth-order valence-electron chi connectivity index (χ4n) is 3.30. The van der Waals surface area contributed by atoms with Crippen LogP contribution in [0.4, 0.5) is 5.69 Å². The molecule has 1 amide bonds. The Kier molecular flexibility index (Phi) is 6.63. The highest BCUT2D eigenvalue weighted by Gasteiger charge is 2.33. The first-order chi connectivity index (χ1) is 12.3. The third-order valence-corrected chi connectivity index (χ3v) is 5.48. The summed E-state index contributed by atoms with van der Waals surface area (Å²) in [4.78, 5) is 37.9. The molecule has 8 heteroatoms. The Labute approximate surface area is 157 Å². The van der Waals surface area contributed by atoms with E-state index in [4.69, 9.17) is 4.74 Å². The molecule has 3 atom stereocenters. The molecule has 0 aromatic heterocycles. The van der Waals surface area contributed by atoms with E-state index in [0.717, 1.165) is 19.3 Å². The monoisotopic (exact) mass is 380 g/mol. The standard InChI is InChI=1S/C18H24N2O5S/c1-11-6-5-7-12(2)19(11)17(21)13(3)25-18(22)14-8-9-16(26-4)15(10-14)20(23)24/h8-13H,5-7H2,1-4H3/t11-,12-,13+/m0/s1. The van der Waals surface area contributed by atoms with Crippen LogP contribution in [0.25, 0.3) is 0 Å². The molecule has 1 aromatic rings. The molecule has 0 unspecified atom stereocenters. The summed E-state index contributed by atoms with van der Waals surface area (Å²) >= 11 is 1.23. The number of rotatable bonds is 5. The number of piperidine rings is 1. The fourth-order valence-corrected chi connectivity index (χ4v) is 3.85. The molecule has 1 aliphatic heterocycles. The van der Waals surface area contributed by atoms with E-state index in [2.05, 4.69) is 0 Å². The van der Waals surface area contributed by atoms with Crippen LogP contribution >= 0.6 is 11.8 Å². The largest absolute Gasteiger partial charge is 0.449 e. The van der Waals surface area contributed by atoms with Crippen molar-refractivity contribution in [1.82, 2.24) is 4.90 Å². The van der Waals surface area contributed by atoms with E-state index in [1.807, 2.05) is 13.8 Å². The number of nitro groups is 1. The van der Waals surface area contributed by atoms with Gasteiger partial charge in [-0.2, -0.15) is 0 Å². The van der Waals surface area contributed by atoms with Gasteiger partial charge in [-0.1, -0.05) is 0 Å². The summed E-state index contributed by atoms with van der Waals surface area (Å²) < 4.78 is 5.30. The smallest absolute Gasteiger partial charge is 0.339 e. The Morgan fingerprint density at radius 2 is 1.92 bits per heavy atom.